The summed E-state index contributed by atoms with van der Waals surface area (Å²) in [7, 11) is 0. The van der Waals surface area contributed by atoms with E-state index in [0.717, 1.165) is 17.9 Å². The minimum Gasteiger partial charge on any atom is -0.379 e. The number of anilines is 2. The van der Waals surface area contributed by atoms with Crippen molar-refractivity contribution >= 4 is 11.4 Å². The molecule has 1 atom stereocenters. The Kier molecular flexibility index (Phi) is 2.57. The van der Waals surface area contributed by atoms with Gasteiger partial charge in [0, 0.05) is 19.1 Å². The number of benzene rings is 1. The first-order valence-electron chi connectivity index (χ1n) is 4.97. The summed E-state index contributed by atoms with van der Waals surface area (Å²) >= 11 is 0. The van der Waals surface area contributed by atoms with Gasteiger partial charge in [0.15, 0.2) is 0 Å². The fraction of sp³-hybridized carbons (Fsp3) is 0.455. The van der Waals surface area contributed by atoms with Crippen molar-refractivity contribution in [3.8, 4) is 0 Å². The standard InChI is InChI=1S/C11H15FN2/c1-9-8-14(7-6-12)11-5-3-2-4-10(11)13-9/h2-5,9,13H,6-8H2,1H3. The van der Waals surface area contributed by atoms with E-state index in [-0.39, 0.29) is 6.67 Å². The molecule has 0 saturated carbocycles. The minimum atomic E-state index is -0.291. The molecule has 1 aromatic carbocycles. The first kappa shape index (κ1) is 9.31. The Bertz CT molecular complexity index is 314. The van der Waals surface area contributed by atoms with Crippen molar-refractivity contribution in [1.82, 2.24) is 0 Å². The number of fused-ring (bicyclic) bond motifs is 1. The third kappa shape index (κ3) is 1.67. The number of halogens is 1. The lowest BCUT2D eigenvalue weighted by molar-refractivity contribution is 0.485. The predicted octanol–water partition coefficient (Wildman–Crippen LogP) is 2.28. The van der Waals surface area contributed by atoms with Crippen LogP contribution in [0, 0.1) is 0 Å². The van der Waals surface area contributed by atoms with E-state index in [1.54, 1.807) is 0 Å². The van der Waals surface area contributed by atoms with Crippen molar-refractivity contribution in [1.29, 1.82) is 0 Å². The zero-order valence-electron chi connectivity index (χ0n) is 8.33. The first-order chi connectivity index (χ1) is 6.81. The van der Waals surface area contributed by atoms with Gasteiger partial charge in [0.25, 0.3) is 0 Å². The average Bonchev–Trinajstić information content (AvgIpc) is 2.18. The van der Waals surface area contributed by atoms with E-state index in [1.807, 2.05) is 24.3 Å². The topological polar surface area (TPSA) is 15.3 Å². The molecule has 1 aliphatic heterocycles. The van der Waals surface area contributed by atoms with E-state index >= 15 is 0 Å². The largest absolute Gasteiger partial charge is 0.379 e. The monoisotopic (exact) mass is 194 g/mol. The van der Waals surface area contributed by atoms with Crippen LogP contribution < -0.4 is 10.2 Å². The highest BCUT2D eigenvalue weighted by atomic mass is 19.1. The minimum absolute atomic E-state index is 0.291. The lowest BCUT2D eigenvalue weighted by Crippen LogP contribution is -2.40. The normalized spacial score (nSPS) is 20.1. The van der Waals surface area contributed by atoms with Crippen molar-refractivity contribution in [2.24, 2.45) is 0 Å². The van der Waals surface area contributed by atoms with Crippen molar-refractivity contribution in [2.45, 2.75) is 13.0 Å². The van der Waals surface area contributed by atoms with Gasteiger partial charge in [0.1, 0.15) is 6.67 Å². The highest BCUT2D eigenvalue weighted by molar-refractivity contribution is 5.72. The van der Waals surface area contributed by atoms with Crippen LogP contribution in [-0.2, 0) is 0 Å². The summed E-state index contributed by atoms with van der Waals surface area (Å²) in [6.45, 7) is 3.19. The molecule has 0 bridgehead atoms. The molecule has 3 heteroatoms. The van der Waals surface area contributed by atoms with Gasteiger partial charge in [-0.25, -0.2) is 4.39 Å². The summed E-state index contributed by atoms with van der Waals surface area (Å²) < 4.78 is 12.3. The fourth-order valence-corrected chi connectivity index (χ4v) is 1.93. The summed E-state index contributed by atoms with van der Waals surface area (Å²) in [4.78, 5) is 2.09. The molecule has 14 heavy (non-hydrogen) atoms. The summed E-state index contributed by atoms with van der Waals surface area (Å²) in [5, 5.41) is 3.38. The molecule has 0 amide bonds. The van der Waals surface area contributed by atoms with Gasteiger partial charge in [0.2, 0.25) is 0 Å². The Morgan fingerprint density at radius 3 is 3.07 bits per heavy atom. The number of hydrogen-bond donors (Lipinski definition) is 1. The van der Waals surface area contributed by atoms with Gasteiger partial charge in [-0.2, -0.15) is 0 Å². The molecule has 0 aliphatic carbocycles. The Hall–Kier alpha value is -1.25. The third-order valence-corrected chi connectivity index (χ3v) is 2.50. The SMILES string of the molecule is CC1CN(CCF)c2ccccc2N1. The average molecular weight is 194 g/mol. The van der Waals surface area contributed by atoms with Gasteiger partial charge in [-0.3, -0.25) is 0 Å². The molecule has 0 spiro atoms. The van der Waals surface area contributed by atoms with E-state index in [0.29, 0.717) is 12.6 Å². The molecular formula is C11H15FN2. The highest BCUT2D eigenvalue weighted by Gasteiger charge is 2.19. The molecule has 2 nitrogen and oxygen atoms in total. The Balaban J connectivity index is 2.28. The molecule has 0 fully saturated rings. The van der Waals surface area contributed by atoms with Crippen LogP contribution in [0.15, 0.2) is 24.3 Å². The van der Waals surface area contributed by atoms with Gasteiger partial charge in [0.05, 0.1) is 11.4 Å². The molecule has 0 radical (unpaired) electrons. The molecule has 1 aliphatic rings. The Morgan fingerprint density at radius 1 is 1.50 bits per heavy atom. The number of rotatable bonds is 2. The summed E-state index contributed by atoms with van der Waals surface area (Å²) in [5.41, 5.74) is 2.22. The van der Waals surface area contributed by atoms with Gasteiger partial charge >= 0.3 is 0 Å². The molecule has 1 unspecified atom stereocenters. The van der Waals surface area contributed by atoms with E-state index < -0.39 is 0 Å². The fourth-order valence-electron chi connectivity index (χ4n) is 1.93. The summed E-state index contributed by atoms with van der Waals surface area (Å²) in [5.74, 6) is 0. The lowest BCUT2D eigenvalue weighted by atomic mass is 10.1. The van der Waals surface area contributed by atoms with Crippen LogP contribution in [0.25, 0.3) is 0 Å². The number of nitrogens with zero attached hydrogens (tertiary/aromatic N) is 1. The molecule has 1 aromatic rings. The Labute approximate surface area is 83.7 Å². The van der Waals surface area contributed by atoms with Gasteiger partial charge < -0.3 is 10.2 Å². The summed E-state index contributed by atoms with van der Waals surface area (Å²) in [6.07, 6.45) is 0. The van der Waals surface area contributed by atoms with Gasteiger partial charge in [-0.15, -0.1) is 0 Å². The van der Waals surface area contributed by atoms with Crippen LogP contribution in [-0.4, -0.2) is 25.8 Å². The van der Waals surface area contributed by atoms with Crippen molar-refractivity contribution in [3.05, 3.63) is 24.3 Å². The zero-order chi connectivity index (χ0) is 9.97. The zero-order valence-corrected chi connectivity index (χ0v) is 8.33. The third-order valence-electron chi connectivity index (χ3n) is 2.50. The summed E-state index contributed by atoms with van der Waals surface area (Å²) in [6, 6.07) is 8.44. The molecule has 2 rings (SSSR count). The number of alkyl halides is 1. The van der Waals surface area contributed by atoms with Crippen molar-refractivity contribution in [2.75, 3.05) is 30.0 Å². The molecule has 76 valence electrons. The predicted molar refractivity (Wildman–Crippen MR) is 57.7 cm³/mol. The second-order valence-corrected chi connectivity index (χ2v) is 3.70. The second kappa shape index (κ2) is 3.86. The van der Waals surface area contributed by atoms with Crippen LogP contribution in [0.4, 0.5) is 15.8 Å². The van der Waals surface area contributed by atoms with Crippen LogP contribution in [0.5, 0.6) is 0 Å². The van der Waals surface area contributed by atoms with E-state index in [4.69, 9.17) is 0 Å². The van der Waals surface area contributed by atoms with Crippen LogP contribution in [0.1, 0.15) is 6.92 Å². The van der Waals surface area contributed by atoms with Gasteiger partial charge in [-0.1, -0.05) is 12.1 Å². The van der Waals surface area contributed by atoms with Crippen LogP contribution in [0.3, 0.4) is 0 Å². The maximum Gasteiger partial charge on any atom is 0.107 e. The first-order valence-corrected chi connectivity index (χ1v) is 4.97. The maximum absolute atomic E-state index is 12.3. The van der Waals surface area contributed by atoms with E-state index in [9.17, 15) is 4.39 Å². The number of para-hydroxylation sites is 2. The van der Waals surface area contributed by atoms with E-state index in [2.05, 4.69) is 17.1 Å². The second-order valence-electron chi connectivity index (χ2n) is 3.70. The molecule has 1 N–H and O–H groups in total. The number of nitrogens with one attached hydrogen (secondary N) is 1. The van der Waals surface area contributed by atoms with Crippen LogP contribution >= 0.6 is 0 Å². The van der Waals surface area contributed by atoms with Crippen molar-refractivity contribution in [3.63, 3.8) is 0 Å². The van der Waals surface area contributed by atoms with E-state index in [1.165, 1.54) is 0 Å². The lowest BCUT2D eigenvalue weighted by Gasteiger charge is -2.35. The molecule has 0 saturated heterocycles. The van der Waals surface area contributed by atoms with Crippen LogP contribution in [0.2, 0.25) is 0 Å². The molecular weight excluding hydrogens is 179 g/mol. The molecule has 1 heterocycles. The van der Waals surface area contributed by atoms with Gasteiger partial charge in [-0.05, 0) is 19.1 Å². The molecule has 0 aromatic heterocycles. The maximum atomic E-state index is 12.3. The van der Waals surface area contributed by atoms with Crippen molar-refractivity contribution < 1.29 is 4.39 Å². The Morgan fingerprint density at radius 2 is 2.29 bits per heavy atom. The smallest absolute Gasteiger partial charge is 0.107 e. The number of hydrogen-bond acceptors (Lipinski definition) is 2. The highest BCUT2D eigenvalue weighted by Crippen LogP contribution is 2.29. The quantitative estimate of drug-likeness (QED) is 0.777.